The lowest BCUT2D eigenvalue weighted by Gasteiger charge is -2.58. The first-order chi connectivity index (χ1) is 15.8. The van der Waals surface area contributed by atoms with Gasteiger partial charge >= 0.3 is 0 Å². The Balaban J connectivity index is 1.03. The number of anilines is 1. The van der Waals surface area contributed by atoms with Crippen molar-refractivity contribution in [3.8, 4) is 0 Å². The largest absolute Gasteiger partial charge is 0.358 e. The summed E-state index contributed by atoms with van der Waals surface area (Å²) in [7, 11) is -3.14. The fourth-order valence-corrected chi connectivity index (χ4v) is 6.43. The molecule has 0 radical (unpaired) electrons. The minimum absolute atomic E-state index is 0.370. The van der Waals surface area contributed by atoms with E-state index in [9.17, 15) is 8.42 Å². The average Bonchev–Trinajstić information content (AvgIpc) is 3.16. The van der Waals surface area contributed by atoms with Gasteiger partial charge in [-0.05, 0) is 66.5 Å². The Morgan fingerprint density at radius 2 is 1.64 bits per heavy atom. The zero-order valence-electron chi connectivity index (χ0n) is 18.4. The molecule has 1 aromatic heterocycles. The second-order valence-electron chi connectivity index (χ2n) is 9.47. The van der Waals surface area contributed by atoms with Crippen molar-refractivity contribution in [1.29, 1.82) is 0 Å². The van der Waals surface area contributed by atoms with E-state index in [0.717, 1.165) is 33.7 Å². The van der Waals surface area contributed by atoms with Gasteiger partial charge in [0.2, 0.25) is 5.13 Å². The van der Waals surface area contributed by atoms with E-state index in [-0.39, 0.29) is 0 Å². The van der Waals surface area contributed by atoms with E-state index in [1.54, 1.807) is 12.1 Å². The summed E-state index contributed by atoms with van der Waals surface area (Å²) in [5.74, 6) is 0.844. The first-order valence-corrected chi connectivity index (χ1v) is 14.2. The van der Waals surface area contributed by atoms with Gasteiger partial charge in [0.05, 0.1) is 4.90 Å². The molecule has 0 saturated heterocycles. The standard InChI is InChI=1S/C24H27ClN4O2S2/c1-33(30,31)21-8-4-17(5-9-21)15-26-19-11-24(12-19)13-20(14-24)27-23-28-22(29-32-23)10-16-2-6-18(25)7-3-16/h2-9,19-20,26H,10-15H2,1H3,(H,27,28,29). The van der Waals surface area contributed by atoms with Crippen molar-refractivity contribution >= 4 is 38.1 Å². The summed E-state index contributed by atoms with van der Waals surface area (Å²) in [6.07, 6.45) is 6.71. The van der Waals surface area contributed by atoms with Gasteiger partial charge in [-0.2, -0.15) is 4.37 Å². The van der Waals surface area contributed by atoms with Crippen molar-refractivity contribution in [3.63, 3.8) is 0 Å². The second kappa shape index (κ2) is 8.98. The van der Waals surface area contributed by atoms with Crippen LogP contribution in [0.5, 0.6) is 0 Å². The van der Waals surface area contributed by atoms with Crippen molar-refractivity contribution in [2.45, 2.75) is 55.6 Å². The fraction of sp³-hybridized carbons (Fsp3) is 0.417. The monoisotopic (exact) mass is 502 g/mol. The highest BCUT2D eigenvalue weighted by atomic mass is 35.5. The van der Waals surface area contributed by atoms with Gasteiger partial charge in [-0.1, -0.05) is 35.9 Å². The number of hydrogen-bond acceptors (Lipinski definition) is 7. The summed E-state index contributed by atoms with van der Waals surface area (Å²) in [5.41, 5.74) is 2.74. The minimum atomic E-state index is -3.14. The predicted octanol–water partition coefficient (Wildman–Crippen LogP) is 4.70. The van der Waals surface area contributed by atoms with E-state index in [1.165, 1.54) is 43.5 Å². The normalized spacial score (nSPS) is 24.3. The molecule has 0 amide bonds. The molecule has 2 aromatic carbocycles. The molecule has 33 heavy (non-hydrogen) atoms. The van der Waals surface area contributed by atoms with Crippen LogP contribution in [-0.4, -0.2) is 36.1 Å². The number of halogens is 1. The maximum atomic E-state index is 11.6. The molecule has 2 saturated carbocycles. The summed E-state index contributed by atoms with van der Waals surface area (Å²) >= 11 is 7.39. The van der Waals surface area contributed by atoms with E-state index in [2.05, 4.69) is 20.0 Å². The van der Waals surface area contributed by atoms with Crippen molar-refractivity contribution in [2.24, 2.45) is 5.41 Å². The van der Waals surface area contributed by atoms with Gasteiger partial charge in [-0.25, -0.2) is 13.4 Å². The summed E-state index contributed by atoms with van der Waals surface area (Å²) in [6.45, 7) is 0.771. The first-order valence-electron chi connectivity index (χ1n) is 11.1. The Hall–Kier alpha value is -2.00. The maximum absolute atomic E-state index is 11.6. The van der Waals surface area contributed by atoms with Crippen LogP contribution in [0.15, 0.2) is 53.4 Å². The molecule has 9 heteroatoms. The molecule has 174 valence electrons. The number of sulfone groups is 1. The maximum Gasteiger partial charge on any atom is 0.202 e. The van der Waals surface area contributed by atoms with Crippen LogP contribution in [0.1, 0.15) is 42.6 Å². The number of aromatic nitrogens is 2. The third-order valence-corrected chi connectivity index (χ3v) is 8.80. The topological polar surface area (TPSA) is 84.0 Å². The van der Waals surface area contributed by atoms with E-state index in [4.69, 9.17) is 11.6 Å². The van der Waals surface area contributed by atoms with Crippen molar-refractivity contribution in [2.75, 3.05) is 11.6 Å². The third-order valence-electron chi connectivity index (χ3n) is 6.74. The van der Waals surface area contributed by atoms with E-state index >= 15 is 0 Å². The van der Waals surface area contributed by atoms with Crippen LogP contribution in [0.4, 0.5) is 5.13 Å². The first kappa shape index (κ1) is 22.8. The summed E-state index contributed by atoms with van der Waals surface area (Å²) in [4.78, 5) is 5.02. The van der Waals surface area contributed by atoms with Gasteiger partial charge in [0.25, 0.3) is 0 Å². The molecule has 0 unspecified atom stereocenters. The summed E-state index contributed by atoms with van der Waals surface area (Å²) in [6, 6.07) is 16.0. The molecule has 3 aromatic rings. The molecule has 2 aliphatic carbocycles. The summed E-state index contributed by atoms with van der Waals surface area (Å²) in [5, 5.41) is 8.82. The molecular weight excluding hydrogens is 476 g/mol. The zero-order chi connectivity index (χ0) is 23.1. The van der Waals surface area contributed by atoms with Crippen molar-refractivity contribution in [1.82, 2.24) is 14.7 Å². The Labute approximate surface area is 203 Å². The van der Waals surface area contributed by atoms with Crippen molar-refractivity contribution < 1.29 is 8.42 Å². The van der Waals surface area contributed by atoms with Crippen LogP contribution in [0.2, 0.25) is 5.02 Å². The molecule has 2 N–H and O–H groups in total. The highest BCUT2D eigenvalue weighted by Gasteiger charge is 2.52. The third kappa shape index (κ3) is 5.40. The Bertz CT molecular complexity index is 1210. The molecule has 0 aliphatic heterocycles. The van der Waals surface area contributed by atoms with Gasteiger partial charge in [-0.3, -0.25) is 0 Å². The highest BCUT2D eigenvalue weighted by molar-refractivity contribution is 7.90. The van der Waals surface area contributed by atoms with E-state index in [1.807, 2.05) is 36.4 Å². The minimum Gasteiger partial charge on any atom is -0.358 e. The van der Waals surface area contributed by atoms with Gasteiger partial charge in [0, 0.05) is 47.9 Å². The molecule has 0 atom stereocenters. The Morgan fingerprint density at radius 1 is 1.00 bits per heavy atom. The van der Waals surface area contributed by atoms with E-state index < -0.39 is 9.84 Å². The molecule has 0 bridgehead atoms. The second-order valence-corrected chi connectivity index (χ2v) is 12.7. The highest BCUT2D eigenvalue weighted by Crippen LogP contribution is 2.56. The molecule has 1 heterocycles. The van der Waals surface area contributed by atoms with Gasteiger partial charge < -0.3 is 10.6 Å². The van der Waals surface area contributed by atoms with Crippen LogP contribution in [0.3, 0.4) is 0 Å². The molecule has 1 spiro atoms. The Morgan fingerprint density at radius 3 is 2.30 bits per heavy atom. The van der Waals surface area contributed by atoms with Crippen LogP contribution in [0.25, 0.3) is 0 Å². The lowest BCUT2D eigenvalue weighted by molar-refractivity contribution is -0.0125. The van der Waals surface area contributed by atoms with Crippen LogP contribution < -0.4 is 10.6 Å². The molecular formula is C24H27ClN4O2S2. The number of nitrogens with one attached hydrogen (secondary N) is 2. The van der Waals surface area contributed by atoms with Crippen LogP contribution >= 0.6 is 23.1 Å². The van der Waals surface area contributed by atoms with Crippen LogP contribution in [0, 0.1) is 5.41 Å². The van der Waals surface area contributed by atoms with E-state index in [0.29, 0.717) is 28.8 Å². The smallest absolute Gasteiger partial charge is 0.202 e. The van der Waals surface area contributed by atoms with Crippen LogP contribution in [-0.2, 0) is 22.8 Å². The Kier molecular flexibility index (Phi) is 6.20. The number of rotatable bonds is 8. The predicted molar refractivity (Wildman–Crippen MR) is 133 cm³/mol. The van der Waals surface area contributed by atoms with Crippen molar-refractivity contribution in [3.05, 3.63) is 70.5 Å². The number of nitrogens with zero attached hydrogens (tertiary/aromatic N) is 2. The lowest BCUT2D eigenvalue weighted by Crippen LogP contribution is -2.58. The average molecular weight is 503 g/mol. The molecule has 5 rings (SSSR count). The number of hydrogen-bond donors (Lipinski definition) is 2. The molecule has 2 aliphatic rings. The van der Waals surface area contributed by atoms with Gasteiger partial charge in [0.15, 0.2) is 9.84 Å². The SMILES string of the molecule is CS(=O)(=O)c1ccc(CNC2CC3(C2)CC(Nc2nc(Cc4ccc(Cl)cc4)ns2)C3)cc1. The van der Waals surface area contributed by atoms with Gasteiger partial charge in [0.1, 0.15) is 5.82 Å². The molecule has 2 fully saturated rings. The lowest BCUT2D eigenvalue weighted by atomic mass is 9.52. The molecule has 6 nitrogen and oxygen atoms in total. The van der Waals surface area contributed by atoms with Gasteiger partial charge in [-0.15, -0.1) is 0 Å². The number of benzene rings is 2. The zero-order valence-corrected chi connectivity index (χ0v) is 20.8. The summed E-state index contributed by atoms with van der Waals surface area (Å²) < 4.78 is 27.6. The quantitative estimate of drug-likeness (QED) is 0.464. The fourth-order valence-electron chi connectivity index (χ4n) is 5.01.